The molecule has 2 aromatic rings. The number of carbonyl (C=O) groups excluding carboxylic acids is 1. The molecule has 7 nitrogen and oxygen atoms in total. The number of nitrogens with zero attached hydrogens (tertiary/aromatic N) is 3. The number of likely N-dealkylation sites (tertiary alicyclic amines) is 1. The van der Waals surface area contributed by atoms with Gasteiger partial charge in [0, 0.05) is 37.7 Å². The summed E-state index contributed by atoms with van der Waals surface area (Å²) >= 11 is 0. The summed E-state index contributed by atoms with van der Waals surface area (Å²) in [7, 11) is 0. The predicted molar refractivity (Wildman–Crippen MR) is 96.3 cm³/mol. The first-order valence-corrected chi connectivity index (χ1v) is 8.87. The van der Waals surface area contributed by atoms with E-state index in [1.54, 1.807) is 11.0 Å². The lowest BCUT2D eigenvalue weighted by atomic mass is 10.0. The van der Waals surface area contributed by atoms with Crippen molar-refractivity contribution in [2.75, 3.05) is 31.6 Å². The zero-order chi connectivity index (χ0) is 18.0. The molecule has 2 aliphatic heterocycles. The summed E-state index contributed by atoms with van der Waals surface area (Å²) in [5, 5.41) is 3.25. The number of benzene rings is 1. The maximum absolute atomic E-state index is 12.8. The highest BCUT2D eigenvalue weighted by atomic mass is 16.7. The second-order valence-corrected chi connectivity index (χ2v) is 6.63. The van der Waals surface area contributed by atoms with Gasteiger partial charge < -0.3 is 19.7 Å². The van der Waals surface area contributed by atoms with E-state index in [4.69, 9.17) is 9.47 Å². The molecule has 2 fully saturated rings. The van der Waals surface area contributed by atoms with Crippen molar-refractivity contribution in [1.29, 1.82) is 0 Å². The molecule has 2 saturated heterocycles. The highest BCUT2D eigenvalue weighted by Crippen LogP contribution is 2.31. The topological polar surface area (TPSA) is 76.6 Å². The number of nitrogens with one attached hydrogen (secondary N) is 1. The van der Waals surface area contributed by atoms with Crippen LogP contribution in [-0.4, -0.2) is 52.9 Å². The van der Waals surface area contributed by atoms with E-state index in [-0.39, 0.29) is 5.91 Å². The summed E-state index contributed by atoms with van der Waals surface area (Å²) in [6.45, 7) is 4.49. The number of hydrogen-bond acceptors (Lipinski definition) is 6. The monoisotopic (exact) mass is 354 g/mol. The van der Waals surface area contributed by atoms with E-state index < -0.39 is 5.79 Å². The van der Waals surface area contributed by atoms with Crippen LogP contribution in [0, 0.1) is 6.92 Å². The van der Waals surface area contributed by atoms with Gasteiger partial charge >= 0.3 is 0 Å². The number of aryl methyl sites for hydroxylation is 1. The highest BCUT2D eigenvalue weighted by Gasteiger charge is 2.41. The van der Waals surface area contributed by atoms with Crippen molar-refractivity contribution in [2.24, 2.45) is 0 Å². The zero-order valence-corrected chi connectivity index (χ0v) is 14.8. The van der Waals surface area contributed by atoms with Crippen LogP contribution in [0.15, 0.2) is 36.7 Å². The Morgan fingerprint density at radius 1 is 1.15 bits per heavy atom. The molecule has 0 aliphatic carbocycles. The predicted octanol–water partition coefficient (Wildman–Crippen LogP) is 2.51. The van der Waals surface area contributed by atoms with Crippen LogP contribution < -0.4 is 5.32 Å². The molecule has 1 aromatic heterocycles. The van der Waals surface area contributed by atoms with E-state index in [9.17, 15) is 4.79 Å². The first-order chi connectivity index (χ1) is 12.7. The Hall–Kier alpha value is -2.51. The van der Waals surface area contributed by atoms with Crippen LogP contribution in [-0.2, 0) is 9.47 Å². The van der Waals surface area contributed by atoms with E-state index in [1.807, 2.05) is 31.2 Å². The van der Waals surface area contributed by atoms with E-state index in [1.165, 1.54) is 6.33 Å². The lowest BCUT2D eigenvalue weighted by molar-refractivity contribution is -0.181. The number of para-hydroxylation sites is 1. The summed E-state index contributed by atoms with van der Waals surface area (Å²) in [6, 6.07) is 9.63. The van der Waals surface area contributed by atoms with Gasteiger partial charge in [0.2, 0.25) is 0 Å². The molecule has 2 aliphatic rings. The van der Waals surface area contributed by atoms with Gasteiger partial charge in [-0.2, -0.15) is 0 Å². The van der Waals surface area contributed by atoms with Crippen LogP contribution in [0.1, 0.15) is 28.9 Å². The first kappa shape index (κ1) is 16.9. The third kappa shape index (κ3) is 3.40. The maximum Gasteiger partial charge on any atom is 0.272 e. The fraction of sp³-hybridized carbons (Fsp3) is 0.421. The average molecular weight is 354 g/mol. The lowest BCUT2D eigenvalue weighted by Gasteiger charge is -2.37. The van der Waals surface area contributed by atoms with Crippen molar-refractivity contribution in [2.45, 2.75) is 25.6 Å². The van der Waals surface area contributed by atoms with Crippen molar-refractivity contribution in [3.05, 3.63) is 47.9 Å². The minimum absolute atomic E-state index is 0.0897. The summed E-state index contributed by atoms with van der Waals surface area (Å²) in [6.07, 6.45) is 2.80. The molecule has 7 heteroatoms. The van der Waals surface area contributed by atoms with E-state index >= 15 is 0 Å². The standard InChI is InChI=1S/C19H22N4O3/c1-14-4-2-3-5-15(14)22-17-12-16(20-13-21-17)18(24)23-8-6-19(7-9-23)25-10-11-26-19/h2-5,12-13H,6-11H2,1H3,(H,20,21,22). The normalized spacial score (nSPS) is 18.9. The number of amides is 1. The summed E-state index contributed by atoms with van der Waals surface area (Å²) in [5.41, 5.74) is 2.46. The molecule has 1 amide bonds. The number of ether oxygens (including phenoxy) is 2. The quantitative estimate of drug-likeness (QED) is 0.913. The largest absolute Gasteiger partial charge is 0.347 e. The SMILES string of the molecule is Cc1ccccc1Nc1cc(C(=O)N2CCC3(CC2)OCCO3)ncn1. The van der Waals surface area contributed by atoms with E-state index in [0.717, 1.165) is 11.3 Å². The number of anilines is 2. The molecule has 1 N–H and O–H groups in total. The number of hydrogen-bond donors (Lipinski definition) is 1. The van der Waals surface area contributed by atoms with Crippen LogP contribution in [0.25, 0.3) is 0 Å². The van der Waals surface area contributed by atoms with Crippen molar-refractivity contribution in [1.82, 2.24) is 14.9 Å². The second-order valence-electron chi connectivity index (χ2n) is 6.63. The molecule has 1 aromatic carbocycles. The van der Waals surface area contributed by atoms with Crippen LogP contribution in [0.4, 0.5) is 11.5 Å². The average Bonchev–Trinajstić information content (AvgIpc) is 3.12. The van der Waals surface area contributed by atoms with Crippen molar-refractivity contribution < 1.29 is 14.3 Å². The maximum atomic E-state index is 12.8. The van der Waals surface area contributed by atoms with Gasteiger partial charge in [0.1, 0.15) is 17.8 Å². The third-order valence-corrected chi connectivity index (χ3v) is 4.92. The Labute approximate surface area is 152 Å². The summed E-state index contributed by atoms with van der Waals surface area (Å²) in [4.78, 5) is 23.0. The Kier molecular flexibility index (Phi) is 4.57. The molecule has 0 atom stereocenters. The molecule has 0 unspecified atom stereocenters. The van der Waals surface area contributed by atoms with Gasteiger partial charge in [-0.1, -0.05) is 18.2 Å². The minimum atomic E-state index is -0.486. The molecule has 1 spiro atoms. The number of aromatic nitrogens is 2. The molecule has 0 radical (unpaired) electrons. The van der Waals surface area contributed by atoms with Gasteiger partial charge in [-0.3, -0.25) is 4.79 Å². The number of rotatable bonds is 3. The molecule has 136 valence electrons. The minimum Gasteiger partial charge on any atom is -0.347 e. The molecule has 4 rings (SSSR count). The lowest BCUT2D eigenvalue weighted by Crippen LogP contribution is -2.47. The van der Waals surface area contributed by atoms with E-state index in [0.29, 0.717) is 50.7 Å². The smallest absolute Gasteiger partial charge is 0.272 e. The van der Waals surface area contributed by atoms with Crippen molar-refractivity contribution >= 4 is 17.4 Å². The molecule has 3 heterocycles. The first-order valence-electron chi connectivity index (χ1n) is 8.87. The third-order valence-electron chi connectivity index (χ3n) is 4.92. The molecule has 0 bridgehead atoms. The molecular formula is C19H22N4O3. The highest BCUT2D eigenvalue weighted by molar-refractivity contribution is 5.93. The van der Waals surface area contributed by atoms with Crippen molar-refractivity contribution in [3.8, 4) is 0 Å². The van der Waals surface area contributed by atoms with Gasteiger partial charge in [0.05, 0.1) is 13.2 Å². The summed E-state index contributed by atoms with van der Waals surface area (Å²) < 4.78 is 11.4. The van der Waals surface area contributed by atoms with Gasteiger partial charge in [-0.15, -0.1) is 0 Å². The van der Waals surface area contributed by atoms with Gasteiger partial charge in [0.25, 0.3) is 5.91 Å². The van der Waals surface area contributed by atoms with Crippen LogP contribution >= 0.6 is 0 Å². The van der Waals surface area contributed by atoms with E-state index in [2.05, 4.69) is 15.3 Å². The van der Waals surface area contributed by atoms with Crippen LogP contribution in [0.3, 0.4) is 0 Å². The Balaban J connectivity index is 1.44. The van der Waals surface area contributed by atoms with Crippen LogP contribution in [0.5, 0.6) is 0 Å². The fourth-order valence-electron chi connectivity index (χ4n) is 3.39. The molecule has 26 heavy (non-hydrogen) atoms. The Bertz CT molecular complexity index is 795. The van der Waals surface area contributed by atoms with Gasteiger partial charge in [0.15, 0.2) is 5.79 Å². The number of carbonyl (C=O) groups is 1. The number of piperidine rings is 1. The summed E-state index contributed by atoms with van der Waals surface area (Å²) in [5.74, 6) is 0.0293. The zero-order valence-electron chi connectivity index (χ0n) is 14.8. The van der Waals surface area contributed by atoms with Crippen LogP contribution in [0.2, 0.25) is 0 Å². The van der Waals surface area contributed by atoms with Gasteiger partial charge in [-0.25, -0.2) is 9.97 Å². The molecular weight excluding hydrogens is 332 g/mol. The Morgan fingerprint density at radius 2 is 1.88 bits per heavy atom. The fourth-order valence-corrected chi connectivity index (χ4v) is 3.39. The Morgan fingerprint density at radius 3 is 2.62 bits per heavy atom. The second kappa shape index (κ2) is 7.01. The van der Waals surface area contributed by atoms with Crippen molar-refractivity contribution in [3.63, 3.8) is 0 Å². The molecule has 0 saturated carbocycles. The van der Waals surface area contributed by atoms with Gasteiger partial charge in [-0.05, 0) is 18.6 Å².